The van der Waals surface area contributed by atoms with Crippen LogP contribution in [0.25, 0.3) is 0 Å². The molecule has 5 aliphatic carbocycles. The lowest BCUT2D eigenvalue weighted by Crippen LogP contribution is -2.55. The highest BCUT2D eigenvalue weighted by Gasteiger charge is 2.74. The maximum atomic E-state index is 12.8. The monoisotopic (exact) mass is 323 g/mol. The van der Waals surface area contributed by atoms with Gasteiger partial charge in [-0.15, -0.1) is 0 Å². The summed E-state index contributed by atoms with van der Waals surface area (Å²) < 4.78 is 0. The number of carbonyl (C=O) groups is 1. The second-order valence-corrected chi connectivity index (χ2v) is 9.57. The Morgan fingerprint density at radius 1 is 1.25 bits per heavy atom. The van der Waals surface area contributed by atoms with Crippen LogP contribution in [0.5, 0.6) is 0 Å². The van der Waals surface area contributed by atoms with Crippen LogP contribution in [-0.2, 0) is 17.6 Å². The van der Waals surface area contributed by atoms with Crippen molar-refractivity contribution in [3.8, 4) is 0 Å². The van der Waals surface area contributed by atoms with E-state index < -0.39 is 0 Å². The molecule has 0 heterocycles. The van der Waals surface area contributed by atoms with E-state index in [0.29, 0.717) is 12.3 Å². The zero-order valence-electron chi connectivity index (χ0n) is 14.9. The highest BCUT2D eigenvalue weighted by Crippen LogP contribution is 2.76. The Hall–Kier alpha value is -1.31. The van der Waals surface area contributed by atoms with Gasteiger partial charge in [0.15, 0.2) is 0 Å². The van der Waals surface area contributed by atoms with E-state index in [1.165, 1.54) is 36.8 Å². The van der Waals surface area contributed by atoms with E-state index in [2.05, 4.69) is 43.4 Å². The molecule has 5 fully saturated rings. The topological polar surface area (TPSA) is 29.1 Å². The summed E-state index contributed by atoms with van der Waals surface area (Å²) in [6, 6.07) is 8.63. The first kappa shape index (κ1) is 15.0. The molecular formula is C22H29NO. The summed E-state index contributed by atoms with van der Waals surface area (Å²) in [7, 11) is 0. The maximum Gasteiger partial charge on any atom is 0.224 e. The molecular weight excluding hydrogens is 294 g/mol. The van der Waals surface area contributed by atoms with Gasteiger partial charge in [-0.1, -0.05) is 38.1 Å². The lowest BCUT2D eigenvalue weighted by molar-refractivity contribution is -0.123. The summed E-state index contributed by atoms with van der Waals surface area (Å²) >= 11 is 0. The molecule has 0 aliphatic heterocycles. The van der Waals surface area contributed by atoms with Crippen molar-refractivity contribution in [1.82, 2.24) is 5.32 Å². The first-order chi connectivity index (χ1) is 11.5. The minimum Gasteiger partial charge on any atom is -0.350 e. The molecule has 0 spiro atoms. The molecule has 0 saturated heterocycles. The van der Waals surface area contributed by atoms with Gasteiger partial charge in [0.2, 0.25) is 5.91 Å². The molecule has 1 N–H and O–H groups in total. The molecule has 1 amide bonds. The van der Waals surface area contributed by atoms with Crippen LogP contribution in [0.3, 0.4) is 0 Å². The van der Waals surface area contributed by atoms with Crippen LogP contribution in [0.2, 0.25) is 0 Å². The van der Waals surface area contributed by atoms with E-state index >= 15 is 0 Å². The van der Waals surface area contributed by atoms with Crippen molar-refractivity contribution in [3.63, 3.8) is 0 Å². The van der Waals surface area contributed by atoms with Crippen molar-refractivity contribution in [2.24, 2.45) is 35.5 Å². The standard InChI is InChI=1S/C22H29NO/c1-13(2)6-14-4-3-5-15(7-14)10-19(24)23-22-11-16-8-17(12-22)20-18(9-16)21(20)22/h3-5,7,13,16-18,20-21H,6,8-12H2,1-2H3,(H,23,24). The second-order valence-electron chi connectivity index (χ2n) is 9.57. The van der Waals surface area contributed by atoms with Gasteiger partial charge in [-0.3, -0.25) is 4.79 Å². The molecule has 5 saturated carbocycles. The lowest BCUT2D eigenvalue weighted by atomic mass is 9.64. The predicted molar refractivity (Wildman–Crippen MR) is 95.5 cm³/mol. The molecule has 2 heteroatoms. The summed E-state index contributed by atoms with van der Waals surface area (Å²) in [5.74, 6) is 5.51. The molecule has 5 aliphatic rings. The second kappa shape index (κ2) is 5.09. The zero-order valence-corrected chi connectivity index (χ0v) is 14.9. The van der Waals surface area contributed by atoms with Gasteiger partial charge in [-0.2, -0.15) is 0 Å². The summed E-state index contributed by atoms with van der Waals surface area (Å²) in [6.45, 7) is 4.49. The number of carbonyl (C=O) groups excluding carboxylic acids is 1. The van der Waals surface area contributed by atoms with E-state index in [1.807, 2.05) is 0 Å². The maximum absolute atomic E-state index is 12.8. The van der Waals surface area contributed by atoms with E-state index in [1.54, 1.807) is 0 Å². The third-order valence-corrected chi connectivity index (χ3v) is 7.32. The van der Waals surface area contributed by atoms with Gasteiger partial charge in [-0.25, -0.2) is 0 Å². The van der Waals surface area contributed by atoms with Gasteiger partial charge in [-0.05, 0) is 78.7 Å². The molecule has 0 aromatic heterocycles. The van der Waals surface area contributed by atoms with Gasteiger partial charge in [0, 0.05) is 5.54 Å². The quantitative estimate of drug-likeness (QED) is 0.872. The summed E-state index contributed by atoms with van der Waals surface area (Å²) in [5.41, 5.74) is 2.72. The number of nitrogens with one attached hydrogen (secondary N) is 1. The average Bonchev–Trinajstić information content (AvgIpc) is 3.16. The van der Waals surface area contributed by atoms with E-state index in [4.69, 9.17) is 0 Å². The first-order valence-electron chi connectivity index (χ1n) is 9.93. The van der Waals surface area contributed by atoms with Gasteiger partial charge in [0.05, 0.1) is 6.42 Å². The Kier molecular flexibility index (Phi) is 3.18. The molecule has 128 valence electrons. The molecule has 6 rings (SSSR count). The number of benzene rings is 1. The van der Waals surface area contributed by atoms with Gasteiger partial charge >= 0.3 is 0 Å². The summed E-state index contributed by atoms with van der Waals surface area (Å²) in [4.78, 5) is 12.8. The normalized spacial score (nSPS) is 40.9. The summed E-state index contributed by atoms with van der Waals surface area (Å²) in [5, 5.41) is 3.55. The number of hydrogen-bond acceptors (Lipinski definition) is 1. The van der Waals surface area contributed by atoms with Crippen molar-refractivity contribution in [2.45, 2.75) is 57.9 Å². The van der Waals surface area contributed by atoms with Crippen molar-refractivity contribution in [2.75, 3.05) is 0 Å². The Balaban J connectivity index is 1.27. The number of rotatable bonds is 5. The minimum atomic E-state index is 0.188. The Bertz CT molecular complexity index is 680. The molecule has 1 aromatic carbocycles. The Morgan fingerprint density at radius 3 is 2.88 bits per heavy atom. The van der Waals surface area contributed by atoms with E-state index in [-0.39, 0.29) is 11.4 Å². The van der Waals surface area contributed by atoms with Crippen LogP contribution in [0.1, 0.15) is 50.7 Å². The van der Waals surface area contributed by atoms with Crippen molar-refractivity contribution >= 4 is 5.91 Å². The fourth-order valence-electron chi connectivity index (χ4n) is 6.95. The third-order valence-electron chi connectivity index (χ3n) is 7.32. The van der Waals surface area contributed by atoms with E-state index in [0.717, 1.165) is 36.0 Å². The molecule has 6 unspecified atom stereocenters. The molecule has 6 atom stereocenters. The predicted octanol–water partition coefficient (Wildman–Crippen LogP) is 3.98. The fourth-order valence-corrected chi connectivity index (χ4v) is 6.95. The summed E-state index contributed by atoms with van der Waals surface area (Å²) in [6.07, 6.45) is 7.08. The van der Waals surface area contributed by atoms with Crippen LogP contribution in [-0.4, -0.2) is 11.4 Å². The zero-order chi connectivity index (χ0) is 16.5. The van der Waals surface area contributed by atoms with Gasteiger partial charge < -0.3 is 5.32 Å². The SMILES string of the molecule is CC(C)Cc1cccc(CC(=O)NC23CC4CC(C2)C2C(C4)C23)c1. The first-order valence-corrected chi connectivity index (χ1v) is 9.93. The fraction of sp³-hybridized carbons (Fsp3) is 0.682. The van der Waals surface area contributed by atoms with Gasteiger partial charge in [0.1, 0.15) is 0 Å². The molecule has 4 bridgehead atoms. The Morgan fingerprint density at radius 2 is 2.08 bits per heavy atom. The van der Waals surface area contributed by atoms with Crippen LogP contribution >= 0.6 is 0 Å². The molecule has 1 aromatic rings. The lowest BCUT2D eigenvalue weighted by Gasteiger charge is -2.47. The molecule has 0 radical (unpaired) electrons. The number of amides is 1. The largest absolute Gasteiger partial charge is 0.350 e. The number of hydrogen-bond donors (Lipinski definition) is 1. The van der Waals surface area contributed by atoms with E-state index in [9.17, 15) is 4.79 Å². The highest BCUT2D eigenvalue weighted by atomic mass is 16.1. The highest BCUT2D eigenvalue weighted by molar-refractivity contribution is 5.79. The molecule has 2 nitrogen and oxygen atoms in total. The average molecular weight is 323 g/mol. The Labute approximate surface area is 145 Å². The van der Waals surface area contributed by atoms with Crippen LogP contribution in [0.4, 0.5) is 0 Å². The van der Waals surface area contributed by atoms with Crippen LogP contribution in [0, 0.1) is 35.5 Å². The van der Waals surface area contributed by atoms with Crippen molar-refractivity contribution in [1.29, 1.82) is 0 Å². The van der Waals surface area contributed by atoms with Crippen LogP contribution < -0.4 is 5.32 Å². The third kappa shape index (κ3) is 2.25. The minimum absolute atomic E-state index is 0.188. The van der Waals surface area contributed by atoms with Crippen molar-refractivity contribution < 1.29 is 4.79 Å². The smallest absolute Gasteiger partial charge is 0.224 e. The van der Waals surface area contributed by atoms with Gasteiger partial charge in [0.25, 0.3) is 0 Å². The van der Waals surface area contributed by atoms with Crippen molar-refractivity contribution in [3.05, 3.63) is 35.4 Å². The molecule has 24 heavy (non-hydrogen) atoms. The van der Waals surface area contributed by atoms with Crippen LogP contribution in [0.15, 0.2) is 24.3 Å².